The number of aromatic nitrogens is 1. The molecular formula is C12H10N2O3. The third kappa shape index (κ3) is 2.46. The molecule has 0 saturated heterocycles. The van der Waals surface area contributed by atoms with Gasteiger partial charge in [0.15, 0.2) is 0 Å². The van der Waals surface area contributed by atoms with Gasteiger partial charge in [0.05, 0.1) is 10.6 Å². The first kappa shape index (κ1) is 11.2. The average Bonchev–Trinajstić information content (AvgIpc) is 2.39. The van der Waals surface area contributed by atoms with Gasteiger partial charge in [0, 0.05) is 18.3 Å². The van der Waals surface area contributed by atoms with Gasteiger partial charge in [0.1, 0.15) is 6.10 Å². The summed E-state index contributed by atoms with van der Waals surface area (Å²) in [6.45, 7) is 0. The Hall–Kier alpha value is -2.27. The molecule has 5 nitrogen and oxygen atoms in total. The predicted molar refractivity (Wildman–Crippen MR) is 61.4 cm³/mol. The highest BCUT2D eigenvalue weighted by Gasteiger charge is 2.14. The molecular weight excluding hydrogens is 220 g/mol. The Morgan fingerprint density at radius 1 is 1.24 bits per heavy atom. The maximum absolute atomic E-state index is 10.6. The van der Waals surface area contributed by atoms with E-state index in [0.29, 0.717) is 11.3 Å². The molecule has 0 bridgehead atoms. The van der Waals surface area contributed by atoms with Crippen molar-refractivity contribution in [3.8, 4) is 0 Å². The topological polar surface area (TPSA) is 76.3 Å². The van der Waals surface area contributed by atoms with E-state index in [9.17, 15) is 15.2 Å². The van der Waals surface area contributed by atoms with E-state index < -0.39 is 11.0 Å². The molecule has 0 aliphatic carbocycles. The molecule has 0 saturated carbocycles. The quantitative estimate of drug-likeness (QED) is 0.646. The van der Waals surface area contributed by atoms with Crippen LogP contribution in [-0.4, -0.2) is 15.0 Å². The summed E-state index contributed by atoms with van der Waals surface area (Å²) in [7, 11) is 0. The maximum atomic E-state index is 10.6. The SMILES string of the molecule is O=[N+]([O-])c1cccc([C@@H](O)c2ccccn2)c1. The minimum atomic E-state index is -0.948. The van der Waals surface area contributed by atoms with Gasteiger partial charge in [-0.2, -0.15) is 0 Å². The second-order valence-corrected chi connectivity index (χ2v) is 3.51. The molecule has 1 atom stereocenters. The number of hydrogen-bond donors (Lipinski definition) is 1. The van der Waals surface area contributed by atoms with Crippen molar-refractivity contribution in [3.05, 3.63) is 70.0 Å². The van der Waals surface area contributed by atoms with Gasteiger partial charge in [0.2, 0.25) is 0 Å². The minimum absolute atomic E-state index is 0.0440. The third-order valence-electron chi connectivity index (χ3n) is 2.36. The highest BCUT2D eigenvalue weighted by atomic mass is 16.6. The van der Waals surface area contributed by atoms with Crippen LogP contribution in [0.1, 0.15) is 17.4 Å². The van der Waals surface area contributed by atoms with Gasteiger partial charge < -0.3 is 5.11 Å². The molecule has 0 amide bonds. The molecule has 0 aliphatic rings. The lowest BCUT2D eigenvalue weighted by atomic mass is 10.1. The summed E-state index contributed by atoms with van der Waals surface area (Å²) < 4.78 is 0. The van der Waals surface area contributed by atoms with Crippen molar-refractivity contribution in [2.24, 2.45) is 0 Å². The van der Waals surface area contributed by atoms with Crippen molar-refractivity contribution in [2.75, 3.05) is 0 Å². The Labute approximate surface area is 97.5 Å². The Morgan fingerprint density at radius 2 is 2.06 bits per heavy atom. The molecule has 2 rings (SSSR count). The van der Waals surface area contributed by atoms with Crippen LogP contribution in [0.25, 0.3) is 0 Å². The van der Waals surface area contributed by atoms with Crippen molar-refractivity contribution in [3.63, 3.8) is 0 Å². The Balaban J connectivity index is 2.34. The van der Waals surface area contributed by atoms with E-state index in [4.69, 9.17) is 0 Å². The summed E-state index contributed by atoms with van der Waals surface area (Å²) >= 11 is 0. The highest BCUT2D eigenvalue weighted by Crippen LogP contribution is 2.23. The fraction of sp³-hybridized carbons (Fsp3) is 0.0833. The first-order valence-corrected chi connectivity index (χ1v) is 5.02. The van der Waals surface area contributed by atoms with E-state index in [1.54, 1.807) is 36.5 Å². The summed E-state index contributed by atoms with van der Waals surface area (Å²) in [5.74, 6) is 0. The summed E-state index contributed by atoms with van der Waals surface area (Å²) in [5.41, 5.74) is 0.878. The van der Waals surface area contributed by atoms with E-state index >= 15 is 0 Å². The lowest BCUT2D eigenvalue weighted by Gasteiger charge is -2.09. The second-order valence-electron chi connectivity index (χ2n) is 3.51. The fourth-order valence-electron chi connectivity index (χ4n) is 1.52. The number of nitro groups is 1. The summed E-state index contributed by atoms with van der Waals surface area (Å²) in [5, 5.41) is 20.6. The van der Waals surface area contributed by atoms with E-state index in [0.717, 1.165) is 0 Å². The zero-order chi connectivity index (χ0) is 12.3. The van der Waals surface area contributed by atoms with Gasteiger partial charge in [-0.25, -0.2) is 0 Å². The summed E-state index contributed by atoms with van der Waals surface area (Å²) in [6.07, 6.45) is 0.617. The molecule has 5 heteroatoms. The van der Waals surface area contributed by atoms with Crippen LogP contribution >= 0.6 is 0 Å². The number of non-ortho nitro benzene ring substituents is 1. The molecule has 2 aromatic rings. The Bertz CT molecular complexity index is 528. The molecule has 0 aliphatic heterocycles. The number of aliphatic hydroxyl groups is 1. The third-order valence-corrected chi connectivity index (χ3v) is 2.36. The summed E-state index contributed by atoms with van der Waals surface area (Å²) in [6, 6.07) is 11.1. The molecule has 86 valence electrons. The van der Waals surface area contributed by atoms with Crippen LogP contribution in [0.2, 0.25) is 0 Å². The van der Waals surface area contributed by atoms with E-state index in [2.05, 4.69) is 4.98 Å². The Kier molecular flexibility index (Phi) is 3.11. The van der Waals surface area contributed by atoms with Crippen molar-refractivity contribution in [1.82, 2.24) is 4.98 Å². The van der Waals surface area contributed by atoms with E-state index in [-0.39, 0.29) is 5.69 Å². The molecule has 1 heterocycles. The lowest BCUT2D eigenvalue weighted by Crippen LogP contribution is -2.02. The second kappa shape index (κ2) is 4.71. The molecule has 17 heavy (non-hydrogen) atoms. The Morgan fingerprint density at radius 3 is 2.71 bits per heavy atom. The molecule has 0 spiro atoms. The normalized spacial score (nSPS) is 12.1. The van der Waals surface area contributed by atoms with Gasteiger partial charge in [-0.1, -0.05) is 18.2 Å². The molecule has 1 aromatic carbocycles. The molecule has 1 N–H and O–H groups in total. The van der Waals surface area contributed by atoms with Crippen molar-refractivity contribution in [1.29, 1.82) is 0 Å². The smallest absolute Gasteiger partial charge is 0.269 e. The zero-order valence-corrected chi connectivity index (χ0v) is 8.85. The largest absolute Gasteiger partial charge is 0.382 e. The van der Waals surface area contributed by atoms with Crippen LogP contribution < -0.4 is 0 Å². The van der Waals surface area contributed by atoms with Gasteiger partial charge in [-0.15, -0.1) is 0 Å². The van der Waals surface area contributed by atoms with Crippen molar-refractivity contribution >= 4 is 5.69 Å². The van der Waals surface area contributed by atoms with Crippen molar-refractivity contribution in [2.45, 2.75) is 6.10 Å². The number of nitrogens with zero attached hydrogens (tertiary/aromatic N) is 2. The minimum Gasteiger partial charge on any atom is -0.382 e. The number of rotatable bonds is 3. The van der Waals surface area contributed by atoms with Crippen LogP contribution in [0.3, 0.4) is 0 Å². The first-order chi connectivity index (χ1) is 8.18. The highest BCUT2D eigenvalue weighted by molar-refractivity contribution is 5.37. The van der Waals surface area contributed by atoms with Gasteiger partial charge in [-0.3, -0.25) is 15.1 Å². The van der Waals surface area contributed by atoms with Crippen molar-refractivity contribution < 1.29 is 10.0 Å². The first-order valence-electron chi connectivity index (χ1n) is 5.02. The van der Waals surface area contributed by atoms with Crippen LogP contribution in [0.15, 0.2) is 48.7 Å². The molecule has 0 radical (unpaired) electrons. The van der Waals surface area contributed by atoms with Gasteiger partial charge in [-0.05, 0) is 17.7 Å². The van der Waals surface area contributed by atoms with Crippen LogP contribution in [-0.2, 0) is 0 Å². The molecule has 0 unspecified atom stereocenters. The van der Waals surface area contributed by atoms with Gasteiger partial charge in [0.25, 0.3) is 5.69 Å². The number of aliphatic hydroxyl groups excluding tert-OH is 1. The lowest BCUT2D eigenvalue weighted by molar-refractivity contribution is -0.385. The fourth-order valence-corrected chi connectivity index (χ4v) is 1.52. The monoisotopic (exact) mass is 230 g/mol. The molecule has 0 fully saturated rings. The van der Waals surface area contributed by atoms with Gasteiger partial charge >= 0.3 is 0 Å². The van der Waals surface area contributed by atoms with E-state index in [1.807, 2.05) is 0 Å². The van der Waals surface area contributed by atoms with Crippen LogP contribution in [0, 0.1) is 10.1 Å². The predicted octanol–water partition coefficient (Wildman–Crippen LogP) is 2.07. The average molecular weight is 230 g/mol. The van der Waals surface area contributed by atoms with Crippen LogP contribution in [0.5, 0.6) is 0 Å². The number of hydrogen-bond acceptors (Lipinski definition) is 4. The molecule has 1 aromatic heterocycles. The number of benzene rings is 1. The van der Waals surface area contributed by atoms with Crippen LogP contribution in [0.4, 0.5) is 5.69 Å². The maximum Gasteiger partial charge on any atom is 0.269 e. The number of nitro benzene ring substituents is 1. The zero-order valence-electron chi connectivity index (χ0n) is 8.85. The standard InChI is InChI=1S/C12H10N2O3/c15-12(11-6-1-2-7-13-11)9-4-3-5-10(8-9)14(16)17/h1-8,12,15H/t12-/m1/s1. The van der Waals surface area contributed by atoms with E-state index in [1.165, 1.54) is 12.1 Å². The number of pyridine rings is 1. The summed E-state index contributed by atoms with van der Waals surface area (Å²) in [4.78, 5) is 14.1.